The van der Waals surface area contributed by atoms with Crippen molar-refractivity contribution in [3.8, 4) is 0 Å². The molecule has 2 rings (SSSR count). The van der Waals surface area contributed by atoms with Crippen LogP contribution in [-0.4, -0.2) is 25.2 Å². The molecule has 0 atom stereocenters. The Morgan fingerprint density at radius 3 is 2.23 bits per heavy atom. The maximum atomic E-state index is 2.64. The Morgan fingerprint density at radius 2 is 1.68 bits per heavy atom. The molecule has 0 spiro atoms. The third-order valence-corrected chi connectivity index (χ3v) is 7.90. The summed E-state index contributed by atoms with van der Waals surface area (Å²) in [6.45, 7) is 18.0. The fourth-order valence-corrected chi connectivity index (χ4v) is 6.59. The number of nitrogens with zero attached hydrogens (tertiary/aromatic N) is 1. The van der Waals surface area contributed by atoms with Crippen molar-refractivity contribution in [3.63, 3.8) is 0 Å². The van der Waals surface area contributed by atoms with Crippen LogP contribution in [0.4, 0.5) is 0 Å². The van der Waals surface area contributed by atoms with Crippen LogP contribution in [0.2, 0.25) is 19.6 Å². The van der Waals surface area contributed by atoms with E-state index in [4.69, 9.17) is 0 Å². The largest absolute Gasteiger partial charge is 0.299 e. The van der Waals surface area contributed by atoms with Crippen LogP contribution in [0.3, 0.4) is 0 Å². The molecule has 0 N–H and O–H groups in total. The molecule has 0 unspecified atom stereocenters. The molecule has 1 fully saturated rings. The first-order valence-electron chi connectivity index (χ1n) is 8.70. The van der Waals surface area contributed by atoms with Gasteiger partial charge in [0.2, 0.25) is 0 Å². The molecular weight excluding hydrogens is 302 g/mol. The van der Waals surface area contributed by atoms with E-state index in [-0.39, 0.29) is 5.41 Å². The number of benzene rings is 1. The van der Waals surface area contributed by atoms with E-state index >= 15 is 0 Å². The number of hydrogen-bond acceptors (Lipinski definition) is 2. The van der Waals surface area contributed by atoms with E-state index in [1.54, 1.807) is 5.56 Å². The Kier molecular flexibility index (Phi) is 5.84. The van der Waals surface area contributed by atoms with Crippen LogP contribution >= 0.6 is 11.2 Å². The Bertz CT molecular complexity index is 493. The van der Waals surface area contributed by atoms with Crippen molar-refractivity contribution < 1.29 is 0 Å². The number of likely N-dealkylation sites (tertiary alicyclic amines) is 1. The molecule has 0 radical (unpaired) electrons. The highest BCUT2D eigenvalue weighted by Crippen LogP contribution is 2.35. The summed E-state index contributed by atoms with van der Waals surface area (Å²) in [4.78, 5) is 4.18. The summed E-state index contributed by atoms with van der Waals surface area (Å²) in [5.41, 5.74) is 3.25. The van der Waals surface area contributed by atoms with Gasteiger partial charge in [-0.1, -0.05) is 59.0 Å². The van der Waals surface area contributed by atoms with Crippen LogP contribution < -0.4 is 0 Å². The van der Waals surface area contributed by atoms with E-state index in [1.807, 2.05) is 0 Å². The van der Waals surface area contributed by atoms with Crippen molar-refractivity contribution in [2.45, 2.75) is 76.5 Å². The van der Waals surface area contributed by atoms with Crippen molar-refractivity contribution in [1.29, 1.82) is 0 Å². The maximum Gasteiger partial charge on any atom is 0.114 e. The lowest BCUT2D eigenvalue weighted by atomic mass is 9.86. The molecule has 1 aliphatic rings. The zero-order chi connectivity index (χ0) is 16.4. The highest BCUT2D eigenvalue weighted by molar-refractivity contribution is 8.28. The molecule has 0 aromatic heterocycles. The third-order valence-electron chi connectivity index (χ3n) is 4.19. The molecule has 1 saturated heterocycles. The molecule has 124 valence electrons. The van der Waals surface area contributed by atoms with Crippen molar-refractivity contribution in [3.05, 3.63) is 29.3 Å². The maximum absolute atomic E-state index is 2.64. The van der Waals surface area contributed by atoms with Crippen LogP contribution in [0.5, 0.6) is 0 Å². The molecule has 3 heteroatoms. The number of piperidine rings is 1. The minimum absolute atomic E-state index is 0.235. The molecule has 0 saturated carbocycles. The van der Waals surface area contributed by atoms with Gasteiger partial charge in [0.05, 0.1) is 0 Å². The minimum atomic E-state index is -1.18. The first-order chi connectivity index (χ1) is 10.1. The normalized spacial score (nSPS) is 17.7. The molecule has 0 bridgehead atoms. The van der Waals surface area contributed by atoms with E-state index in [2.05, 4.69) is 74.7 Å². The van der Waals surface area contributed by atoms with Gasteiger partial charge in [0.25, 0.3) is 0 Å². The van der Waals surface area contributed by atoms with Crippen LogP contribution in [-0.2, 0) is 12.0 Å². The lowest BCUT2D eigenvalue weighted by molar-refractivity contribution is 0.219. The summed E-state index contributed by atoms with van der Waals surface area (Å²) < 4.78 is 0. The summed E-state index contributed by atoms with van der Waals surface area (Å²) in [6.07, 6.45) is 4.16. The summed E-state index contributed by atoms with van der Waals surface area (Å²) in [5.74, 6) is 0. The molecule has 1 aliphatic heterocycles. The van der Waals surface area contributed by atoms with Crippen molar-refractivity contribution in [2.75, 3.05) is 13.1 Å². The van der Waals surface area contributed by atoms with Crippen LogP contribution in [0.25, 0.3) is 0 Å². The van der Waals surface area contributed by atoms with E-state index in [0.717, 1.165) is 6.54 Å². The molecule has 1 nitrogen and oxygen atoms in total. The Morgan fingerprint density at radius 1 is 1.05 bits per heavy atom. The summed E-state index contributed by atoms with van der Waals surface area (Å²) in [6, 6.07) is 7.23. The monoisotopic (exact) mass is 335 g/mol. The number of hydrogen-bond donors (Lipinski definition) is 0. The third kappa shape index (κ3) is 5.43. The lowest BCUT2D eigenvalue weighted by Gasteiger charge is -2.29. The van der Waals surface area contributed by atoms with Crippen molar-refractivity contribution in [1.82, 2.24) is 4.90 Å². The van der Waals surface area contributed by atoms with Crippen molar-refractivity contribution >= 4 is 18.4 Å². The molecule has 1 aromatic rings. The summed E-state index contributed by atoms with van der Waals surface area (Å²) in [7, 11) is -1.18. The lowest BCUT2D eigenvalue weighted by Crippen LogP contribution is -2.29. The quantitative estimate of drug-likeness (QED) is 0.630. The molecule has 0 aliphatic carbocycles. The van der Waals surface area contributed by atoms with Crippen LogP contribution in [0, 0.1) is 0 Å². The Labute approximate surface area is 142 Å². The van der Waals surface area contributed by atoms with Gasteiger partial charge in [-0.05, 0) is 48.5 Å². The zero-order valence-electron chi connectivity index (χ0n) is 15.3. The molecular formula is C19H33NSSi. The second kappa shape index (κ2) is 7.10. The first kappa shape index (κ1) is 18.1. The van der Waals surface area contributed by atoms with Gasteiger partial charge in [-0.2, -0.15) is 11.2 Å². The molecule has 22 heavy (non-hydrogen) atoms. The highest BCUT2D eigenvalue weighted by Gasteiger charge is 2.22. The predicted octanol–water partition coefficient (Wildman–Crippen LogP) is 5.90. The fourth-order valence-electron chi connectivity index (χ4n) is 2.93. The first-order valence-corrected chi connectivity index (χ1v) is 13.7. The average molecular weight is 336 g/mol. The topological polar surface area (TPSA) is 3.24 Å². The second-order valence-electron chi connectivity index (χ2n) is 8.62. The molecule has 0 amide bonds. The van der Waals surface area contributed by atoms with Gasteiger partial charge in [-0.3, -0.25) is 4.90 Å². The fraction of sp³-hybridized carbons (Fsp3) is 0.684. The van der Waals surface area contributed by atoms with E-state index in [9.17, 15) is 0 Å². The van der Waals surface area contributed by atoms with Gasteiger partial charge in [-0.15, -0.1) is 0 Å². The molecule has 1 aromatic carbocycles. The van der Waals surface area contributed by atoms with Gasteiger partial charge in [-0.25, -0.2) is 0 Å². The SMILES string of the molecule is CC(C)(C)c1ccc(CN2CCCCC2)c(S[Si](C)(C)C)c1. The van der Waals surface area contributed by atoms with Gasteiger partial charge < -0.3 is 0 Å². The number of rotatable bonds is 4. The highest BCUT2D eigenvalue weighted by atomic mass is 32.4. The van der Waals surface area contributed by atoms with Crippen LogP contribution in [0.1, 0.15) is 51.2 Å². The van der Waals surface area contributed by atoms with Crippen molar-refractivity contribution in [2.24, 2.45) is 0 Å². The van der Waals surface area contributed by atoms with Gasteiger partial charge in [0.15, 0.2) is 0 Å². The second-order valence-corrected chi connectivity index (χ2v) is 17.8. The van der Waals surface area contributed by atoms with Gasteiger partial charge in [0.1, 0.15) is 7.22 Å². The smallest absolute Gasteiger partial charge is 0.114 e. The van der Waals surface area contributed by atoms with E-state index in [0.29, 0.717) is 0 Å². The Balaban J connectivity index is 2.26. The average Bonchev–Trinajstić information content (AvgIpc) is 2.39. The van der Waals surface area contributed by atoms with Gasteiger partial charge >= 0.3 is 0 Å². The predicted molar refractivity (Wildman–Crippen MR) is 103 cm³/mol. The standard InChI is InChI=1S/C19H33NSSi/c1-19(2,3)17-11-10-16(15-20-12-8-7-9-13-20)18(14-17)21-22(4,5)6/h10-11,14H,7-9,12-13,15H2,1-6H3. The Hall–Kier alpha value is -0.253. The summed E-state index contributed by atoms with van der Waals surface area (Å²) in [5, 5.41) is 0. The minimum Gasteiger partial charge on any atom is -0.299 e. The molecule has 1 heterocycles. The van der Waals surface area contributed by atoms with E-state index in [1.165, 1.54) is 42.8 Å². The van der Waals surface area contributed by atoms with Gasteiger partial charge in [0, 0.05) is 11.4 Å². The van der Waals surface area contributed by atoms with E-state index < -0.39 is 7.22 Å². The van der Waals surface area contributed by atoms with Crippen LogP contribution in [0.15, 0.2) is 23.1 Å². The zero-order valence-corrected chi connectivity index (χ0v) is 17.1. The summed E-state index contributed by atoms with van der Waals surface area (Å²) >= 11 is 2.16.